The van der Waals surface area contributed by atoms with Crippen molar-refractivity contribution >= 4 is 43.6 Å². The smallest absolute Gasteiger partial charge is 0.297 e. The molecule has 1 aliphatic rings. The van der Waals surface area contributed by atoms with Gasteiger partial charge >= 0.3 is 0 Å². The number of nitrogens with zero attached hydrogens (tertiary/aromatic N) is 2. The van der Waals surface area contributed by atoms with E-state index in [9.17, 15) is 9.59 Å². The van der Waals surface area contributed by atoms with Crippen molar-refractivity contribution in [1.82, 2.24) is 4.98 Å². The van der Waals surface area contributed by atoms with Crippen LogP contribution in [-0.4, -0.2) is 10.9 Å². The second-order valence-electron chi connectivity index (χ2n) is 8.14. The predicted octanol–water partition coefficient (Wildman–Crippen LogP) is 5.87. The molecule has 1 unspecified atom stereocenters. The lowest BCUT2D eigenvalue weighted by atomic mass is 10.0. The van der Waals surface area contributed by atoms with Gasteiger partial charge in [0, 0.05) is 0 Å². The number of anilines is 1. The largest absolute Gasteiger partial charge is 0.467 e. The third-order valence-corrected chi connectivity index (χ3v) is 6.88. The van der Waals surface area contributed by atoms with Crippen LogP contribution in [0.5, 0.6) is 0 Å². The lowest BCUT2D eigenvalue weighted by Gasteiger charge is -2.19. The number of para-hydroxylation sites is 1. The second kappa shape index (κ2) is 6.90. The van der Waals surface area contributed by atoms with E-state index in [1.54, 1.807) is 36.4 Å². The number of hydrogen-bond donors (Lipinski definition) is 0. The molecule has 1 amide bonds. The van der Waals surface area contributed by atoms with Gasteiger partial charge in [0.15, 0.2) is 10.6 Å². The zero-order chi connectivity index (χ0) is 22.0. The fraction of sp³-hybridized carbons (Fsp3) is 0.160. The molecule has 32 heavy (non-hydrogen) atoms. The van der Waals surface area contributed by atoms with Gasteiger partial charge in [-0.05, 0) is 47.9 Å². The average molecular weight is 442 g/mol. The van der Waals surface area contributed by atoms with Crippen molar-refractivity contribution in [2.75, 3.05) is 4.90 Å². The van der Waals surface area contributed by atoms with Gasteiger partial charge in [0.2, 0.25) is 5.76 Å². The van der Waals surface area contributed by atoms with E-state index < -0.39 is 11.9 Å². The van der Waals surface area contributed by atoms with Crippen molar-refractivity contribution < 1.29 is 13.6 Å². The van der Waals surface area contributed by atoms with Gasteiger partial charge in [0.1, 0.15) is 17.4 Å². The Labute approximate surface area is 186 Å². The summed E-state index contributed by atoms with van der Waals surface area (Å²) in [5.74, 6) is 0.513. The van der Waals surface area contributed by atoms with Gasteiger partial charge in [-0.3, -0.25) is 14.5 Å². The summed E-state index contributed by atoms with van der Waals surface area (Å²) in [6, 6.07) is 15.9. The summed E-state index contributed by atoms with van der Waals surface area (Å²) in [5, 5.41) is 0.936. The van der Waals surface area contributed by atoms with Crippen molar-refractivity contribution in [1.29, 1.82) is 0 Å². The highest BCUT2D eigenvalue weighted by molar-refractivity contribution is 7.22. The van der Waals surface area contributed by atoms with E-state index in [-0.39, 0.29) is 16.8 Å². The first kappa shape index (κ1) is 19.0. The van der Waals surface area contributed by atoms with E-state index in [1.807, 2.05) is 6.07 Å². The van der Waals surface area contributed by atoms with E-state index in [4.69, 9.17) is 13.8 Å². The number of aromatic nitrogens is 1. The maximum absolute atomic E-state index is 13.6. The first-order chi connectivity index (χ1) is 15.5. The summed E-state index contributed by atoms with van der Waals surface area (Å²) >= 11 is 1.42. The Bertz CT molecular complexity index is 1560. The third kappa shape index (κ3) is 2.67. The van der Waals surface area contributed by atoms with Gasteiger partial charge < -0.3 is 8.83 Å². The lowest BCUT2D eigenvalue weighted by molar-refractivity contribution is 0.0969. The van der Waals surface area contributed by atoms with E-state index in [0.717, 1.165) is 10.2 Å². The van der Waals surface area contributed by atoms with E-state index in [0.29, 0.717) is 27.8 Å². The van der Waals surface area contributed by atoms with Crippen molar-refractivity contribution in [3.8, 4) is 0 Å². The molecule has 0 aliphatic carbocycles. The molecule has 5 aromatic rings. The number of carbonyl (C=O) groups is 1. The normalized spacial score (nSPS) is 15.9. The molecule has 6 rings (SSSR count). The molecule has 1 atom stereocenters. The molecule has 0 N–H and O–H groups in total. The van der Waals surface area contributed by atoms with E-state index in [2.05, 4.69) is 26.0 Å². The van der Waals surface area contributed by atoms with Gasteiger partial charge in [-0.25, -0.2) is 4.98 Å². The minimum absolute atomic E-state index is 0.0391. The van der Waals surface area contributed by atoms with Crippen LogP contribution in [0.3, 0.4) is 0 Å². The van der Waals surface area contributed by atoms with Crippen LogP contribution in [0, 0.1) is 0 Å². The van der Waals surface area contributed by atoms with Crippen LogP contribution >= 0.6 is 11.3 Å². The van der Waals surface area contributed by atoms with Crippen molar-refractivity contribution in [3.05, 3.63) is 93.7 Å². The molecular formula is C25H18N2O4S. The number of thiazole rings is 1. The molecule has 6 nitrogen and oxygen atoms in total. The molecule has 2 aromatic carbocycles. The molecule has 1 aliphatic heterocycles. The maximum atomic E-state index is 13.6. The summed E-state index contributed by atoms with van der Waals surface area (Å²) < 4.78 is 12.6. The topological polar surface area (TPSA) is 76.6 Å². The van der Waals surface area contributed by atoms with Crippen molar-refractivity contribution in [3.63, 3.8) is 0 Å². The highest BCUT2D eigenvalue weighted by Crippen LogP contribution is 2.43. The van der Waals surface area contributed by atoms with Gasteiger partial charge in [-0.15, -0.1) is 0 Å². The third-order valence-electron chi connectivity index (χ3n) is 5.86. The first-order valence-electron chi connectivity index (χ1n) is 10.4. The summed E-state index contributed by atoms with van der Waals surface area (Å²) in [5.41, 5.74) is 2.44. The molecule has 7 heteroatoms. The Morgan fingerprint density at radius 2 is 1.91 bits per heavy atom. The van der Waals surface area contributed by atoms with Gasteiger partial charge in [0.05, 0.1) is 27.4 Å². The lowest BCUT2D eigenvalue weighted by Crippen LogP contribution is -2.29. The molecule has 0 fully saturated rings. The number of amides is 1. The molecule has 0 saturated carbocycles. The maximum Gasteiger partial charge on any atom is 0.297 e. The van der Waals surface area contributed by atoms with Crippen LogP contribution in [0.25, 0.3) is 21.2 Å². The molecule has 3 aromatic heterocycles. The Morgan fingerprint density at radius 3 is 2.69 bits per heavy atom. The predicted molar refractivity (Wildman–Crippen MR) is 124 cm³/mol. The molecule has 0 radical (unpaired) electrons. The van der Waals surface area contributed by atoms with E-state index in [1.165, 1.54) is 28.1 Å². The molecule has 158 valence electrons. The highest BCUT2D eigenvalue weighted by Gasteiger charge is 2.46. The van der Waals surface area contributed by atoms with Gasteiger partial charge in [-0.2, -0.15) is 0 Å². The fourth-order valence-electron chi connectivity index (χ4n) is 4.22. The Morgan fingerprint density at radius 1 is 1.06 bits per heavy atom. The molecule has 4 heterocycles. The highest BCUT2D eigenvalue weighted by atomic mass is 32.1. The summed E-state index contributed by atoms with van der Waals surface area (Å²) in [6.45, 7) is 4.28. The standard InChI is InChI=1S/C25H18N2O4S/c1-13(2)14-9-10-16-19(12-14)32-25(26-16)27-21(18-8-5-11-30-18)20-22(28)15-6-3-4-7-17(15)31-23(20)24(27)29/h3-13,21H,1-2H3. The molecule has 0 bridgehead atoms. The zero-order valence-electron chi connectivity index (χ0n) is 17.4. The van der Waals surface area contributed by atoms with Crippen molar-refractivity contribution in [2.24, 2.45) is 0 Å². The number of hydrogen-bond acceptors (Lipinski definition) is 6. The Kier molecular flexibility index (Phi) is 4.10. The Hall–Kier alpha value is -3.71. The minimum atomic E-state index is -0.738. The Balaban J connectivity index is 1.59. The van der Waals surface area contributed by atoms with Crippen molar-refractivity contribution in [2.45, 2.75) is 25.8 Å². The molecule has 0 saturated heterocycles. The molecule has 0 spiro atoms. The van der Waals surface area contributed by atoms with Crippen LogP contribution in [0.2, 0.25) is 0 Å². The van der Waals surface area contributed by atoms with Crippen LogP contribution in [0.1, 0.15) is 53.2 Å². The number of carbonyl (C=O) groups excluding carboxylic acids is 1. The number of rotatable bonds is 3. The summed E-state index contributed by atoms with van der Waals surface area (Å²) in [6.07, 6.45) is 1.53. The van der Waals surface area contributed by atoms with Crippen LogP contribution in [-0.2, 0) is 0 Å². The van der Waals surface area contributed by atoms with Gasteiger partial charge in [0.25, 0.3) is 5.91 Å². The van der Waals surface area contributed by atoms with Crippen LogP contribution in [0.15, 0.2) is 74.5 Å². The summed E-state index contributed by atoms with van der Waals surface area (Å²) in [4.78, 5) is 33.3. The van der Waals surface area contributed by atoms with E-state index >= 15 is 0 Å². The SMILES string of the molecule is CC(C)c1ccc2nc(N3C(=O)c4oc5ccccc5c(=O)c4C3c3ccco3)sc2c1. The monoisotopic (exact) mass is 442 g/mol. The average Bonchev–Trinajstić information content (AvgIpc) is 3.51. The first-order valence-corrected chi connectivity index (χ1v) is 11.2. The fourth-order valence-corrected chi connectivity index (χ4v) is 5.26. The minimum Gasteiger partial charge on any atom is -0.467 e. The number of furan rings is 1. The number of benzene rings is 2. The summed E-state index contributed by atoms with van der Waals surface area (Å²) in [7, 11) is 0. The second-order valence-corrected chi connectivity index (χ2v) is 9.15. The van der Waals surface area contributed by atoms with Crippen LogP contribution in [0.4, 0.5) is 5.13 Å². The molecular weight excluding hydrogens is 424 g/mol. The van der Waals surface area contributed by atoms with Gasteiger partial charge in [-0.1, -0.05) is 43.4 Å². The zero-order valence-corrected chi connectivity index (χ0v) is 18.2. The number of fused-ring (bicyclic) bond motifs is 3. The van der Waals surface area contributed by atoms with Crippen LogP contribution < -0.4 is 10.3 Å². The quantitative estimate of drug-likeness (QED) is 0.349.